The average molecular weight is 327 g/mol. The Hall–Kier alpha value is -1.39. The molecule has 1 rings (SSSR count). The molecule has 0 saturated heterocycles. The van der Waals surface area contributed by atoms with Crippen LogP contribution in [-0.2, 0) is 0 Å². The van der Waals surface area contributed by atoms with Crippen LogP contribution in [-0.4, -0.2) is 18.0 Å². The van der Waals surface area contributed by atoms with E-state index in [1.54, 1.807) is 29.7 Å². The van der Waals surface area contributed by atoms with Gasteiger partial charge in [-0.2, -0.15) is 12.6 Å². The van der Waals surface area contributed by atoms with Crippen molar-refractivity contribution in [2.45, 2.75) is 26.4 Å². The van der Waals surface area contributed by atoms with Crippen LogP contribution < -0.4 is 9.47 Å². The van der Waals surface area contributed by atoms with E-state index in [0.29, 0.717) is 30.1 Å². The summed E-state index contributed by atoms with van der Waals surface area (Å²) in [5.74, 6) is 1.10. The van der Waals surface area contributed by atoms with Gasteiger partial charge >= 0.3 is 0 Å². The molecule has 0 radical (unpaired) electrons. The number of halogens is 1. The van der Waals surface area contributed by atoms with E-state index >= 15 is 0 Å². The first-order valence-electron chi connectivity index (χ1n) is 6.56. The molecular weight excluding hydrogens is 308 g/mol. The van der Waals surface area contributed by atoms with Gasteiger partial charge < -0.3 is 9.47 Å². The highest BCUT2D eigenvalue weighted by Crippen LogP contribution is 2.25. The van der Waals surface area contributed by atoms with Crippen LogP contribution in [0.1, 0.15) is 30.6 Å². The number of ether oxygens (including phenoxy) is 2. The van der Waals surface area contributed by atoms with Crippen molar-refractivity contribution in [2.24, 2.45) is 0 Å². The maximum atomic E-state index is 11.3. The summed E-state index contributed by atoms with van der Waals surface area (Å²) in [7, 11) is 0. The van der Waals surface area contributed by atoms with Gasteiger partial charge in [-0.1, -0.05) is 12.7 Å². The van der Waals surface area contributed by atoms with E-state index in [2.05, 4.69) is 19.2 Å². The Morgan fingerprint density at radius 2 is 2.05 bits per heavy atom. The zero-order valence-electron chi connectivity index (χ0n) is 12.1. The first-order chi connectivity index (χ1) is 9.96. The normalized spacial score (nSPS) is 11.4. The monoisotopic (exact) mass is 326 g/mol. The summed E-state index contributed by atoms with van der Waals surface area (Å²) < 4.78 is 11.2. The van der Waals surface area contributed by atoms with E-state index in [9.17, 15) is 4.79 Å². The summed E-state index contributed by atoms with van der Waals surface area (Å²) in [5.41, 5.74) is 1.32. The van der Waals surface area contributed by atoms with Gasteiger partial charge in [-0.05, 0) is 48.6 Å². The Morgan fingerprint density at radius 1 is 1.38 bits per heavy atom. The molecule has 0 aliphatic carbocycles. The molecule has 5 heteroatoms. The molecule has 1 aromatic carbocycles. The lowest BCUT2D eigenvalue weighted by Crippen LogP contribution is -2.07. The van der Waals surface area contributed by atoms with Crippen LogP contribution in [0, 0.1) is 0 Å². The Balaban J connectivity index is 2.82. The summed E-state index contributed by atoms with van der Waals surface area (Å²) in [6, 6.07) is 4.94. The molecule has 0 bridgehead atoms. The van der Waals surface area contributed by atoms with Crippen molar-refractivity contribution in [1.29, 1.82) is 0 Å². The molecular formula is C16H19ClO3S. The van der Waals surface area contributed by atoms with Crippen molar-refractivity contribution in [2.75, 3.05) is 6.61 Å². The van der Waals surface area contributed by atoms with Gasteiger partial charge in [0.25, 0.3) is 5.24 Å². The number of hydrogen-bond acceptors (Lipinski definition) is 4. The van der Waals surface area contributed by atoms with Crippen LogP contribution in [0.5, 0.6) is 11.5 Å². The molecule has 0 aliphatic rings. The maximum absolute atomic E-state index is 11.3. The fraction of sp³-hybridized carbons (Fsp3) is 0.312. The van der Waals surface area contributed by atoms with Crippen molar-refractivity contribution >= 4 is 29.5 Å². The average Bonchev–Trinajstić information content (AvgIpc) is 2.42. The van der Waals surface area contributed by atoms with Crippen LogP contribution >= 0.6 is 24.2 Å². The minimum absolute atomic E-state index is 0.00184. The van der Waals surface area contributed by atoms with Crippen LogP contribution in [0.2, 0.25) is 0 Å². The Kier molecular flexibility index (Phi) is 7.40. The van der Waals surface area contributed by atoms with Crippen LogP contribution in [0.15, 0.2) is 41.8 Å². The minimum Gasteiger partial charge on any atom is -0.493 e. The van der Waals surface area contributed by atoms with E-state index < -0.39 is 5.24 Å². The second-order valence-corrected chi connectivity index (χ2v) is 5.24. The zero-order chi connectivity index (χ0) is 15.8. The second-order valence-electron chi connectivity index (χ2n) is 4.64. The number of rotatable bonds is 8. The molecule has 3 nitrogen and oxygen atoms in total. The molecule has 0 spiro atoms. The van der Waals surface area contributed by atoms with Gasteiger partial charge in [0.1, 0.15) is 11.5 Å². The molecule has 0 heterocycles. The fourth-order valence-corrected chi connectivity index (χ4v) is 1.96. The third-order valence-electron chi connectivity index (χ3n) is 2.57. The van der Waals surface area contributed by atoms with Gasteiger partial charge in [0.2, 0.25) is 0 Å². The molecule has 0 amide bonds. The summed E-state index contributed by atoms with van der Waals surface area (Å²) in [4.78, 5) is 11.3. The number of thiol groups is 1. The Morgan fingerprint density at radius 3 is 2.57 bits per heavy atom. The van der Waals surface area contributed by atoms with Crippen LogP contribution in [0.25, 0.3) is 0 Å². The lowest BCUT2D eigenvalue weighted by molar-refractivity contribution is 0.108. The predicted octanol–water partition coefficient (Wildman–Crippen LogP) is 4.62. The first-order valence-corrected chi connectivity index (χ1v) is 7.45. The Bertz CT molecular complexity index is 538. The largest absolute Gasteiger partial charge is 0.493 e. The quantitative estimate of drug-likeness (QED) is 0.430. The summed E-state index contributed by atoms with van der Waals surface area (Å²) in [5, 5.41) is 1.14. The number of carbonyl (C=O) groups excluding carboxylic acids is 1. The highest BCUT2D eigenvalue weighted by molar-refractivity contribution is 7.83. The van der Waals surface area contributed by atoms with Gasteiger partial charge in [-0.3, -0.25) is 4.79 Å². The standard InChI is InChI=1S/C16H19ClO3S/c1-4-12(10-21)5-6-19-14-7-13(16(17)18)8-15(9-14)20-11(2)3/h4,7-11,21H,1,5-6H2,2-3H3/b12-10+. The van der Waals surface area contributed by atoms with E-state index in [1.807, 2.05) is 13.8 Å². The third kappa shape index (κ3) is 6.27. The molecule has 0 N–H and O–H groups in total. The van der Waals surface area contributed by atoms with Gasteiger partial charge in [-0.25, -0.2) is 0 Å². The first kappa shape index (κ1) is 17.7. The molecule has 0 unspecified atom stereocenters. The van der Waals surface area contributed by atoms with E-state index in [0.717, 1.165) is 5.57 Å². The smallest absolute Gasteiger partial charge is 0.252 e. The summed E-state index contributed by atoms with van der Waals surface area (Å²) >= 11 is 9.61. The lowest BCUT2D eigenvalue weighted by atomic mass is 10.2. The second kappa shape index (κ2) is 8.80. The van der Waals surface area contributed by atoms with Crippen molar-refractivity contribution in [1.82, 2.24) is 0 Å². The summed E-state index contributed by atoms with van der Waals surface area (Å²) in [6.45, 7) is 7.94. The summed E-state index contributed by atoms with van der Waals surface area (Å²) in [6.07, 6.45) is 2.40. The van der Waals surface area contributed by atoms with Gasteiger partial charge in [0, 0.05) is 18.1 Å². The number of benzene rings is 1. The molecule has 0 atom stereocenters. The highest BCUT2D eigenvalue weighted by Gasteiger charge is 2.09. The minimum atomic E-state index is -0.545. The Labute approximate surface area is 136 Å². The van der Waals surface area contributed by atoms with Gasteiger partial charge in [-0.15, -0.1) is 0 Å². The van der Waals surface area contributed by atoms with Crippen molar-refractivity contribution in [3.8, 4) is 11.5 Å². The molecule has 1 aromatic rings. The van der Waals surface area contributed by atoms with E-state index in [-0.39, 0.29) is 6.10 Å². The molecule has 0 fully saturated rings. The number of hydrogen-bond donors (Lipinski definition) is 1. The van der Waals surface area contributed by atoms with Crippen LogP contribution in [0.4, 0.5) is 0 Å². The van der Waals surface area contributed by atoms with Crippen molar-refractivity contribution < 1.29 is 14.3 Å². The highest BCUT2D eigenvalue weighted by atomic mass is 35.5. The van der Waals surface area contributed by atoms with Gasteiger partial charge in [0.05, 0.1) is 12.7 Å². The van der Waals surface area contributed by atoms with Crippen LogP contribution in [0.3, 0.4) is 0 Å². The molecule has 0 aromatic heterocycles. The molecule has 0 saturated carbocycles. The number of allylic oxidation sites excluding steroid dienone is 1. The molecule has 0 aliphatic heterocycles. The van der Waals surface area contributed by atoms with E-state index in [4.69, 9.17) is 21.1 Å². The third-order valence-corrected chi connectivity index (χ3v) is 3.12. The fourth-order valence-electron chi connectivity index (χ4n) is 1.61. The molecule has 21 heavy (non-hydrogen) atoms. The SMILES string of the molecule is C=C/C(=C\S)CCOc1cc(OC(C)C)cc(C(=O)Cl)c1. The number of carbonyl (C=O) groups is 1. The lowest BCUT2D eigenvalue weighted by Gasteiger charge is -2.13. The van der Waals surface area contributed by atoms with Gasteiger partial charge in [0.15, 0.2) is 0 Å². The zero-order valence-corrected chi connectivity index (χ0v) is 13.8. The maximum Gasteiger partial charge on any atom is 0.252 e. The van der Waals surface area contributed by atoms with E-state index in [1.165, 1.54) is 0 Å². The molecule has 114 valence electrons. The predicted molar refractivity (Wildman–Crippen MR) is 89.8 cm³/mol. The van der Waals surface area contributed by atoms with Crippen molar-refractivity contribution in [3.05, 3.63) is 47.4 Å². The topological polar surface area (TPSA) is 35.5 Å². The van der Waals surface area contributed by atoms with Crippen molar-refractivity contribution in [3.63, 3.8) is 0 Å².